The fourth-order valence-electron chi connectivity index (χ4n) is 2.45. The Morgan fingerprint density at radius 2 is 2.00 bits per heavy atom. The molecule has 2 heterocycles. The molecule has 1 aliphatic rings. The third-order valence-electron chi connectivity index (χ3n) is 3.94. The van der Waals surface area contributed by atoms with E-state index in [-0.39, 0.29) is 17.0 Å². The van der Waals surface area contributed by atoms with Gasteiger partial charge < -0.3 is 5.32 Å². The Kier molecular flexibility index (Phi) is 5.61. The van der Waals surface area contributed by atoms with E-state index in [0.29, 0.717) is 22.9 Å². The van der Waals surface area contributed by atoms with Crippen molar-refractivity contribution in [3.8, 4) is 0 Å². The molecule has 1 aliphatic heterocycles. The normalized spacial score (nSPS) is 16.4. The van der Waals surface area contributed by atoms with Crippen LogP contribution in [0.1, 0.15) is 29.9 Å². The lowest BCUT2D eigenvalue weighted by Gasteiger charge is -2.17. The van der Waals surface area contributed by atoms with Crippen LogP contribution in [0.5, 0.6) is 0 Å². The summed E-state index contributed by atoms with van der Waals surface area (Å²) in [6.07, 6.45) is 4.71. The van der Waals surface area contributed by atoms with Crippen molar-refractivity contribution in [2.45, 2.75) is 19.9 Å². The highest BCUT2D eigenvalue weighted by atomic mass is 35.5. The van der Waals surface area contributed by atoms with Crippen LogP contribution in [-0.2, 0) is 0 Å². The van der Waals surface area contributed by atoms with Crippen molar-refractivity contribution in [1.29, 1.82) is 0 Å². The van der Waals surface area contributed by atoms with Crippen molar-refractivity contribution in [1.82, 2.24) is 15.4 Å². The topological polar surface area (TPSA) is 74.6 Å². The monoisotopic (exact) mass is 384 g/mol. The zero-order valence-electron chi connectivity index (χ0n) is 14.9. The van der Waals surface area contributed by atoms with Gasteiger partial charge in [-0.3, -0.25) is 5.43 Å². The molecular formula is C19H18ClFN6. The molecule has 0 aliphatic carbocycles. The lowest BCUT2D eigenvalue weighted by molar-refractivity contribution is 0.626. The SMILES string of the molecule is C=C1N=C(Cl)/C=N\NC=C1c1ncc(C)c(N[C@@H](C)c2ccc(F)cc2)n1. The number of hydrogen-bond donors (Lipinski definition) is 2. The number of halogens is 2. The molecular weight excluding hydrogens is 367 g/mol. The molecule has 27 heavy (non-hydrogen) atoms. The molecule has 1 atom stereocenters. The Morgan fingerprint density at radius 3 is 2.74 bits per heavy atom. The second kappa shape index (κ2) is 8.09. The number of allylic oxidation sites excluding steroid dienone is 1. The highest BCUT2D eigenvalue weighted by Gasteiger charge is 2.15. The fraction of sp³-hybridized carbons (Fsp3) is 0.158. The third-order valence-corrected chi connectivity index (χ3v) is 4.13. The zero-order valence-corrected chi connectivity index (χ0v) is 15.6. The smallest absolute Gasteiger partial charge is 0.165 e. The fourth-order valence-corrected chi connectivity index (χ4v) is 2.60. The highest BCUT2D eigenvalue weighted by Crippen LogP contribution is 2.25. The minimum atomic E-state index is -0.268. The summed E-state index contributed by atoms with van der Waals surface area (Å²) in [5.41, 5.74) is 5.55. The van der Waals surface area contributed by atoms with Gasteiger partial charge in [-0.15, -0.1) is 0 Å². The molecule has 0 unspecified atom stereocenters. The maximum atomic E-state index is 13.1. The van der Waals surface area contributed by atoms with E-state index in [1.54, 1.807) is 24.5 Å². The Morgan fingerprint density at radius 1 is 1.26 bits per heavy atom. The molecule has 138 valence electrons. The summed E-state index contributed by atoms with van der Waals surface area (Å²) in [7, 11) is 0. The summed E-state index contributed by atoms with van der Waals surface area (Å²) < 4.78 is 13.1. The van der Waals surface area contributed by atoms with E-state index in [2.05, 4.69) is 37.4 Å². The number of hydrazone groups is 1. The molecule has 2 aromatic rings. The second-order valence-corrected chi connectivity index (χ2v) is 6.36. The van der Waals surface area contributed by atoms with E-state index < -0.39 is 0 Å². The summed E-state index contributed by atoms with van der Waals surface area (Å²) in [4.78, 5) is 13.1. The van der Waals surface area contributed by atoms with Crippen molar-refractivity contribution in [2.75, 3.05) is 5.32 Å². The lowest BCUT2D eigenvalue weighted by atomic mass is 10.1. The summed E-state index contributed by atoms with van der Waals surface area (Å²) in [6, 6.07) is 6.27. The van der Waals surface area contributed by atoms with Gasteiger partial charge in [0, 0.05) is 24.0 Å². The van der Waals surface area contributed by atoms with E-state index >= 15 is 0 Å². The average Bonchev–Trinajstić information content (AvgIpc) is 2.63. The van der Waals surface area contributed by atoms with Crippen LogP contribution >= 0.6 is 11.6 Å². The van der Waals surface area contributed by atoms with Gasteiger partial charge in [-0.2, -0.15) is 5.10 Å². The molecule has 8 heteroatoms. The molecule has 0 saturated heterocycles. The first-order valence-corrected chi connectivity index (χ1v) is 8.60. The van der Waals surface area contributed by atoms with Crippen LogP contribution in [0, 0.1) is 12.7 Å². The molecule has 0 spiro atoms. The van der Waals surface area contributed by atoms with E-state index in [4.69, 9.17) is 11.6 Å². The van der Waals surface area contributed by atoms with Gasteiger partial charge in [0.15, 0.2) is 5.82 Å². The van der Waals surface area contributed by atoms with Gasteiger partial charge in [0.25, 0.3) is 0 Å². The first-order chi connectivity index (χ1) is 12.9. The van der Waals surface area contributed by atoms with E-state index in [1.165, 1.54) is 18.3 Å². The number of benzene rings is 1. The third kappa shape index (κ3) is 4.57. The molecule has 0 fully saturated rings. The maximum absolute atomic E-state index is 13.1. The number of rotatable bonds is 4. The van der Waals surface area contributed by atoms with Crippen LogP contribution in [-0.4, -0.2) is 21.4 Å². The van der Waals surface area contributed by atoms with Gasteiger partial charge >= 0.3 is 0 Å². The van der Waals surface area contributed by atoms with Gasteiger partial charge in [0.2, 0.25) is 0 Å². The molecule has 0 amide bonds. The van der Waals surface area contributed by atoms with Crippen LogP contribution in [0.4, 0.5) is 10.2 Å². The molecule has 6 nitrogen and oxygen atoms in total. The summed E-state index contributed by atoms with van der Waals surface area (Å²) in [6.45, 7) is 7.80. The summed E-state index contributed by atoms with van der Waals surface area (Å²) >= 11 is 5.94. The lowest BCUT2D eigenvalue weighted by Crippen LogP contribution is -2.12. The number of nitrogens with zero attached hydrogens (tertiary/aromatic N) is 4. The Balaban J connectivity index is 1.89. The van der Waals surface area contributed by atoms with Gasteiger partial charge in [-0.05, 0) is 31.5 Å². The predicted octanol–water partition coefficient (Wildman–Crippen LogP) is 4.18. The first-order valence-electron chi connectivity index (χ1n) is 8.22. The van der Waals surface area contributed by atoms with Crippen LogP contribution in [0.2, 0.25) is 0 Å². The standard InChI is InChI=1S/C19H18ClFN6/c1-11-8-22-19(16-9-23-24-10-17(20)25-13(16)3)27-18(11)26-12(2)14-4-6-15(21)7-5-14/h4-10,12,23H,3H2,1-2H3,(H,22,26,27)/b16-9?,24-10-,25-17?/t12-/m0/s1. The Hall–Kier alpha value is -3.06. The van der Waals surface area contributed by atoms with Gasteiger partial charge in [-0.1, -0.05) is 30.3 Å². The van der Waals surface area contributed by atoms with Crippen LogP contribution in [0.15, 0.2) is 59.0 Å². The van der Waals surface area contributed by atoms with Crippen molar-refractivity contribution in [3.63, 3.8) is 0 Å². The molecule has 0 saturated carbocycles. The quantitative estimate of drug-likeness (QED) is 0.829. The zero-order chi connectivity index (χ0) is 19.4. The van der Waals surface area contributed by atoms with Crippen molar-refractivity contribution in [3.05, 3.63) is 71.7 Å². The number of nitrogens with one attached hydrogen (secondary N) is 2. The number of aliphatic imine (C=N–C) groups is 1. The number of anilines is 1. The van der Waals surface area contributed by atoms with Crippen LogP contribution < -0.4 is 10.7 Å². The molecule has 0 bridgehead atoms. The van der Waals surface area contributed by atoms with Gasteiger partial charge in [-0.25, -0.2) is 19.4 Å². The highest BCUT2D eigenvalue weighted by molar-refractivity contribution is 6.80. The van der Waals surface area contributed by atoms with E-state index in [1.807, 2.05) is 13.8 Å². The molecule has 0 radical (unpaired) electrons. The van der Waals surface area contributed by atoms with E-state index in [0.717, 1.165) is 11.1 Å². The van der Waals surface area contributed by atoms with Gasteiger partial charge in [0.05, 0.1) is 17.5 Å². The number of aryl methyl sites for hydroxylation is 1. The van der Waals surface area contributed by atoms with Crippen LogP contribution in [0.25, 0.3) is 5.57 Å². The first kappa shape index (κ1) is 18.7. The minimum Gasteiger partial charge on any atom is -0.363 e. The molecule has 1 aromatic carbocycles. The summed E-state index contributed by atoms with van der Waals surface area (Å²) in [5, 5.41) is 7.44. The molecule has 2 N–H and O–H groups in total. The largest absolute Gasteiger partial charge is 0.363 e. The summed E-state index contributed by atoms with van der Waals surface area (Å²) in [5.74, 6) is 0.818. The second-order valence-electron chi connectivity index (χ2n) is 5.97. The van der Waals surface area contributed by atoms with Crippen molar-refractivity contribution < 1.29 is 4.39 Å². The minimum absolute atomic E-state index is 0.0724. The van der Waals surface area contributed by atoms with Gasteiger partial charge in [0.1, 0.15) is 16.8 Å². The average molecular weight is 385 g/mol. The molecule has 3 rings (SSSR count). The predicted molar refractivity (Wildman–Crippen MR) is 107 cm³/mol. The Bertz CT molecular complexity index is 949. The maximum Gasteiger partial charge on any atom is 0.165 e. The van der Waals surface area contributed by atoms with Crippen molar-refractivity contribution >= 4 is 34.4 Å². The van der Waals surface area contributed by atoms with Crippen molar-refractivity contribution in [2.24, 2.45) is 10.1 Å². The Labute approximate surface area is 161 Å². The number of hydrogen-bond acceptors (Lipinski definition) is 6. The molecule has 1 aromatic heterocycles. The van der Waals surface area contributed by atoms with E-state index in [9.17, 15) is 4.39 Å². The van der Waals surface area contributed by atoms with Crippen LogP contribution in [0.3, 0.4) is 0 Å². The number of aromatic nitrogens is 2.